The smallest absolute Gasteiger partial charge is 0.365 e. The molecule has 2 heterocycles. The van der Waals surface area contributed by atoms with Gasteiger partial charge in [0.2, 0.25) is 0 Å². The second kappa shape index (κ2) is 3.44. The van der Waals surface area contributed by atoms with E-state index in [0.717, 1.165) is 16.8 Å². The second-order valence-electron chi connectivity index (χ2n) is 3.42. The first kappa shape index (κ1) is 11.4. The summed E-state index contributed by atoms with van der Waals surface area (Å²) in [6.07, 6.45) is -3.41. The Morgan fingerprint density at radius 1 is 1.47 bits per heavy atom. The highest BCUT2D eigenvalue weighted by atomic mass is 19.4. The van der Waals surface area contributed by atoms with Gasteiger partial charge in [-0.2, -0.15) is 18.3 Å². The highest BCUT2D eigenvalue weighted by molar-refractivity contribution is 5.93. The third kappa shape index (κ3) is 1.81. The van der Waals surface area contributed by atoms with Gasteiger partial charge in [-0.1, -0.05) is 0 Å². The minimum absolute atomic E-state index is 0.0137. The number of halogens is 3. The van der Waals surface area contributed by atoms with Gasteiger partial charge >= 0.3 is 6.18 Å². The van der Waals surface area contributed by atoms with Crippen molar-refractivity contribution in [2.45, 2.75) is 13.1 Å². The van der Waals surface area contributed by atoms with E-state index in [1.807, 2.05) is 0 Å². The SMILES string of the molecule is Cc1c(C(N)=O)cnc2cc(C(F)(F)F)nn12. The summed E-state index contributed by atoms with van der Waals surface area (Å²) in [5.74, 6) is -0.763. The number of fused-ring (bicyclic) bond motifs is 1. The lowest BCUT2D eigenvalue weighted by molar-refractivity contribution is -0.141. The Hall–Kier alpha value is -2.12. The molecule has 0 saturated carbocycles. The van der Waals surface area contributed by atoms with Gasteiger partial charge in [0, 0.05) is 12.3 Å². The molecule has 0 aliphatic rings. The zero-order chi connectivity index (χ0) is 12.8. The van der Waals surface area contributed by atoms with E-state index in [1.54, 1.807) is 0 Å². The zero-order valence-electron chi connectivity index (χ0n) is 8.62. The molecule has 2 rings (SSSR count). The number of aryl methyl sites for hydroxylation is 1. The van der Waals surface area contributed by atoms with Crippen molar-refractivity contribution in [3.05, 3.63) is 29.2 Å². The average molecular weight is 244 g/mol. The van der Waals surface area contributed by atoms with Gasteiger partial charge in [0.25, 0.3) is 5.91 Å². The van der Waals surface area contributed by atoms with Gasteiger partial charge < -0.3 is 5.73 Å². The van der Waals surface area contributed by atoms with E-state index in [4.69, 9.17) is 5.73 Å². The van der Waals surface area contributed by atoms with Crippen LogP contribution in [-0.4, -0.2) is 20.5 Å². The molecular formula is C9H7F3N4O. The highest BCUT2D eigenvalue weighted by Gasteiger charge is 2.34. The zero-order valence-corrected chi connectivity index (χ0v) is 8.62. The molecule has 0 saturated heterocycles. The number of alkyl halides is 3. The summed E-state index contributed by atoms with van der Waals surface area (Å²) in [7, 11) is 0. The molecule has 0 aliphatic heterocycles. The lowest BCUT2D eigenvalue weighted by Crippen LogP contribution is -2.15. The lowest BCUT2D eigenvalue weighted by Gasteiger charge is -2.03. The molecule has 2 N–H and O–H groups in total. The monoisotopic (exact) mass is 244 g/mol. The van der Waals surface area contributed by atoms with Crippen molar-refractivity contribution in [1.82, 2.24) is 14.6 Å². The Morgan fingerprint density at radius 3 is 2.65 bits per heavy atom. The average Bonchev–Trinajstić information content (AvgIpc) is 2.61. The number of nitrogens with zero attached hydrogens (tertiary/aromatic N) is 3. The summed E-state index contributed by atoms with van der Waals surface area (Å²) in [5, 5.41) is 3.35. The Bertz CT molecular complexity index is 602. The topological polar surface area (TPSA) is 73.3 Å². The molecule has 2 aromatic heterocycles. The van der Waals surface area contributed by atoms with Crippen LogP contribution in [0.15, 0.2) is 12.3 Å². The van der Waals surface area contributed by atoms with E-state index in [9.17, 15) is 18.0 Å². The molecule has 90 valence electrons. The summed E-state index contributed by atoms with van der Waals surface area (Å²) in [4.78, 5) is 14.7. The fraction of sp³-hybridized carbons (Fsp3) is 0.222. The van der Waals surface area contributed by atoms with E-state index < -0.39 is 17.8 Å². The first-order valence-electron chi connectivity index (χ1n) is 4.53. The minimum Gasteiger partial charge on any atom is -0.365 e. The van der Waals surface area contributed by atoms with Crippen LogP contribution in [0.1, 0.15) is 21.7 Å². The van der Waals surface area contributed by atoms with Crippen molar-refractivity contribution in [1.29, 1.82) is 0 Å². The number of amides is 1. The third-order valence-corrected chi connectivity index (χ3v) is 2.28. The van der Waals surface area contributed by atoms with Crippen LogP contribution in [0.5, 0.6) is 0 Å². The fourth-order valence-corrected chi connectivity index (χ4v) is 1.43. The number of carbonyl (C=O) groups is 1. The van der Waals surface area contributed by atoms with Crippen molar-refractivity contribution < 1.29 is 18.0 Å². The molecule has 0 aromatic carbocycles. The molecule has 0 radical (unpaired) electrons. The Balaban J connectivity index is 2.70. The molecule has 17 heavy (non-hydrogen) atoms. The number of rotatable bonds is 1. The van der Waals surface area contributed by atoms with Gasteiger partial charge in [-0.15, -0.1) is 0 Å². The molecule has 1 amide bonds. The predicted octanol–water partition coefficient (Wildman–Crippen LogP) is 1.16. The Morgan fingerprint density at radius 2 is 2.12 bits per heavy atom. The standard InChI is InChI=1S/C9H7F3N4O/c1-4-5(8(13)17)3-14-7-2-6(9(10,11)12)15-16(4)7/h2-3H,1H3,(H2,13,17). The lowest BCUT2D eigenvalue weighted by atomic mass is 10.2. The van der Waals surface area contributed by atoms with E-state index in [-0.39, 0.29) is 16.9 Å². The fourth-order valence-electron chi connectivity index (χ4n) is 1.43. The number of hydrogen-bond acceptors (Lipinski definition) is 3. The van der Waals surface area contributed by atoms with Gasteiger partial charge in [-0.3, -0.25) is 4.79 Å². The first-order chi connectivity index (χ1) is 7.80. The number of aromatic nitrogens is 3. The second-order valence-corrected chi connectivity index (χ2v) is 3.42. The quantitative estimate of drug-likeness (QED) is 0.817. The van der Waals surface area contributed by atoms with Crippen molar-refractivity contribution in [3.63, 3.8) is 0 Å². The molecule has 0 unspecified atom stereocenters. The number of carbonyl (C=O) groups excluding carboxylic acids is 1. The molecule has 2 aromatic rings. The van der Waals surface area contributed by atoms with E-state index in [2.05, 4.69) is 10.1 Å². The third-order valence-electron chi connectivity index (χ3n) is 2.28. The van der Waals surface area contributed by atoms with Crippen LogP contribution in [0.2, 0.25) is 0 Å². The number of hydrogen-bond donors (Lipinski definition) is 1. The van der Waals surface area contributed by atoms with Gasteiger partial charge in [0.05, 0.1) is 11.3 Å². The first-order valence-corrected chi connectivity index (χ1v) is 4.53. The van der Waals surface area contributed by atoms with Crippen LogP contribution in [-0.2, 0) is 6.18 Å². The summed E-state index contributed by atoms with van der Waals surface area (Å²) >= 11 is 0. The normalized spacial score (nSPS) is 12.0. The summed E-state index contributed by atoms with van der Waals surface area (Å²) < 4.78 is 38.2. The van der Waals surface area contributed by atoms with E-state index >= 15 is 0 Å². The largest absolute Gasteiger partial charge is 0.435 e. The van der Waals surface area contributed by atoms with Crippen molar-refractivity contribution in [3.8, 4) is 0 Å². The van der Waals surface area contributed by atoms with Crippen molar-refractivity contribution in [2.24, 2.45) is 5.73 Å². The summed E-state index contributed by atoms with van der Waals surface area (Å²) in [6.45, 7) is 1.45. The Labute approximate surface area is 93.1 Å². The summed E-state index contributed by atoms with van der Waals surface area (Å²) in [5.41, 5.74) is 4.27. The van der Waals surface area contributed by atoms with Crippen molar-refractivity contribution in [2.75, 3.05) is 0 Å². The minimum atomic E-state index is -4.55. The molecule has 8 heteroatoms. The maximum absolute atomic E-state index is 12.4. The maximum Gasteiger partial charge on any atom is 0.435 e. The van der Waals surface area contributed by atoms with Gasteiger partial charge in [-0.25, -0.2) is 9.50 Å². The molecule has 0 aliphatic carbocycles. The van der Waals surface area contributed by atoms with Crippen LogP contribution in [0.25, 0.3) is 5.65 Å². The molecule has 0 bridgehead atoms. The number of nitrogens with two attached hydrogens (primary N) is 1. The Kier molecular flexibility index (Phi) is 2.30. The maximum atomic E-state index is 12.4. The predicted molar refractivity (Wildman–Crippen MR) is 51.2 cm³/mol. The van der Waals surface area contributed by atoms with Gasteiger partial charge in [-0.05, 0) is 6.92 Å². The van der Waals surface area contributed by atoms with E-state index in [1.165, 1.54) is 6.92 Å². The van der Waals surface area contributed by atoms with Crippen LogP contribution < -0.4 is 5.73 Å². The molecule has 5 nitrogen and oxygen atoms in total. The molecular weight excluding hydrogens is 237 g/mol. The highest BCUT2D eigenvalue weighted by Crippen LogP contribution is 2.28. The summed E-state index contributed by atoms with van der Waals surface area (Å²) in [6, 6.07) is 0.803. The molecule has 0 atom stereocenters. The van der Waals surface area contributed by atoms with E-state index in [0.29, 0.717) is 0 Å². The van der Waals surface area contributed by atoms with Gasteiger partial charge in [0.1, 0.15) is 0 Å². The molecule has 0 fully saturated rings. The van der Waals surface area contributed by atoms with Crippen LogP contribution in [0, 0.1) is 6.92 Å². The van der Waals surface area contributed by atoms with Gasteiger partial charge in [0.15, 0.2) is 11.3 Å². The molecule has 0 spiro atoms. The van der Waals surface area contributed by atoms with Crippen LogP contribution in [0.3, 0.4) is 0 Å². The van der Waals surface area contributed by atoms with Crippen LogP contribution >= 0.6 is 0 Å². The van der Waals surface area contributed by atoms with Crippen LogP contribution in [0.4, 0.5) is 13.2 Å². The van der Waals surface area contributed by atoms with Crippen molar-refractivity contribution >= 4 is 11.6 Å². The number of primary amides is 1.